The van der Waals surface area contributed by atoms with Crippen molar-refractivity contribution in [2.24, 2.45) is 5.92 Å². The highest BCUT2D eigenvalue weighted by Crippen LogP contribution is 2.37. The molecule has 96 valence electrons. The topological polar surface area (TPSA) is 72.8 Å². The summed E-state index contributed by atoms with van der Waals surface area (Å²) < 4.78 is -0.819. The van der Waals surface area contributed by atoms with Gasteiger partial charge in [-0.25, -0.2) is 0 Å². The Morgan fingerprint density at radius 3 is 2.94 bits per heavy atom. The Morgan fingerprint density at radius 1 is 1.59 bits per heavy atom. The van der Waals surface area contributed by atoms with Gasteiger partial charge in [-0.1, -0.05) is 22.6 Å². The minimum atomic E-state index is -1.46. The van der Waals surface area contributed by atoms with Crippen molar-refractivity contribution in [3.63, 3.8) is 0 Å². The molecule has 0 unspecified atom stereocenters. The van der Waals surface area contributed by atoms with E-state index in [1.165, 1.54) is 0 Å². The molecule has 7 heteroatoms. The monoisotopic (exact) mass is 352 g/mol. The highest BCUT2D eigenvalue weighted by molar-refractivity contribution is 14.1. The van der Waals surface area contributed by atoms with E-state index in [1.54, 1.807) is 4.90 Å². The normalized spacial score (nSPS) is 33.1. The molecule has 2 saturated heterocycles. The van der Waals surface area contributed by atoms with Crippen LogP contribution in [0.4, 0.5) is 0 Å². The van der Waals surface area contributed by atoms with E-state index in [0.29, 0.717) is 25.3 Å². The second kappa shape index (κ2) is 5.42. The molecule has 1 amide bonds. The van der Waals surface area contributed by atoms with Crippen molar-refractivity contribution in [3.05, 3.63) is 0 Å². The third-order valence-electron chi connectivity index (χ3n) is 3.68. The summed E-state index contributed by atoms with van der Waals surface area (Å²) in [5, 5.41) is 22.1. The molecule has 2 heterocycles. The van der Waals surface area contributed by atoms with Crippen LogP contribution in [0.15, 0.2) is 0 Å². The Hall–Kier alpha value is 0.145. The molecule has 0 radical (unpaired) electrons. The number of carbonyl (C=O) groups excluding carboxylic acids is 1. The number of alkyl halides is 1. The van der Waals surface area contributed by atoms with Gasteiger partial charge in [-0.05, 0) is 38.3 Å². The summed E-state index contributed by atoms with van der Waals surface area (Å²) in [5.41, 5.74) is 0. The Morgan fingerprint density at radius 2 is 2.35 bits per heavy atom. The SMILES string of the molecule is O=C(C[C@H]1CCNC1)N1CCC[C@]1(I)B(O)O. The average Bonchev–Trinajstić information content (AvgIpc) is 2.87. The standard InChI is InChI=1S/C10H18BIN2O3/c12-10(11(16)17)3-1-5-14(10)9(15)6-8-2-4-13-7-8/h8,13,16-17H,1-7H2/t8-,10-/m1/s1. The van der Waals surface area contributed by atoms with E-state index >= 15 is 0 Å². The van der Waals surface area contributed by atoms with Gasteiger partial charge < -0.3 is 20.3 Å². The van der Waals surface area contributed by atoms with Crippen LogP contribution >= 0.6 is 22.6 Å². The van der Waals surface area contributed by atoms with Crippen LogP contribution in [0.1, 0.15) is 25.7 Å². The molecule has 0 aromatic rings. The maximum atomic E-state index is 12.2. The van der Waals surface area contributed by atoms with Crippen LogP contribution in [0, 0.1) is 5.92 Å². The Balaban J connectivity index is 1.98. The lowest BCUT2D eigenvalue weighted by Gasteiger charge is -2.33. The Kier molecular flexibility index (Phi) is 4.33. The van der Waals surface area contributed by atoms with E-state index in [0.717, 1.165) is 25.9 Å². The van der Waals surface area contributed by atoms with Gasteiger partial charge in [0.2, 0.25) is 5.91 Å². The first-order valence-electron chi connectivity index (χ1n) is 6.10. The molecule has 3 N–H and O–H groups in total. The van der Waals surface area contributed by atoms with Gasteiger partial charge >= 0.3 is 7.12 Å². The molecule has 0 aliphatic carbocycles. The smallest absolute Gasteiger partial charge is 0.425 e. The molecule has 0 saturated carbocycles. The summed E-state index contributed by atoms with van der Waals surface area (Å²) in [6, 6.07) is 0. The van der Waals surface area contributed by atoms with E-state index in [-0.39, 0.29) is 5.91 Å². The number of hydrogen-bond donors (Lipinski definition) is 3. The third kappa shape index (κ3) is 2.77. The second-order valence-corrected chi connectivity index (χ2v) is 6.77. The zero-order valence-corrected chi connectivity index (χ0v) is 11.9. The predicted octanol–water partition coefficient (Wildman–Crippen LogP) is -0.248. The van der Waals surface area contributed by atoms with Crippen LogP contribution in [0.3, 0.4) is 0 Å². The molecule has 2 fully saturated rings. The van der Waals surface area contributed by atoms with Crippen molar-refractivity contribution < 1.29 is 14.8 Å². The number of nitrogens with one attached hydrogen (secondary N) is 1. The van der Waals surface area contributed by atoms with E-state index in [4.69, 9.17) is 0 Å². The van der Waals surface area contributed by atoms with Gasteiger partial charge in [0.15, 0.2) is 0 Å². The molecule has 0 aromatic carbocycles. The van der Waals surface area contributed by atoms with E-state index < -0.39 is 10.6 Å². The first kappa shape index (κ1) is 13.6. The van der Waals surface area contributed by atoms with Crippen molar-refractivity contribution >= 4 is 35.6 Å². The number of amides is 1. The number of carbonyl (C=O) groups is 1. The van der Waals surface area contributed by atoms with Crippen LogP contribution < -0.4 is 5.32 Å². The van der Waals surface area contributed by atoms with Crippen molar-refractivity contribution in [3.8, 4) is 0 Å². The summed E-state index contributed by atoms with van der Waals surface area (Å²) in [6.45, 7) is 2.52. The highest BCUT2D eigenvalue weighted by Gasteiger charge is 2.50. The molecule has 0 aromatic heterocycles. The summed E-state index contributed by atoms with van der Waals surface area (Å²) in [7, 11) is -1.46. The predicted molar refractivity (Wildman–Crippen MR) is 73.5 cm³/mol. The molecule has 2 atom stereocenters. The Bertz CT molecular complexity index is 299. The van der Waals surface area contributed by atoms with E-state index in [2.05, 4.69) is 5.32 Å². The van der Waals surface area contributed by atoms with Crippen LogP contribution in [-0.2, 0) is 4.79 Å². The van der Waals surface area contributed by atoms with E-state index in [1.807, 2.05) is 22.6 Å². The third-order valence-corrected chi connectivity index (χ3v) is 5.36. The quantitative estimate of drug-likeness (QED) is 0.284. The first-order chi connectivity index (χ1) is 8.04. The number of hydrogen-bond acceptors (Lipinski definition) is 4. The number of rotatable bonds is 3. The average molecular weight is 352 g/mol. The highest BCUT2D eigenvalue weighted by atomic mass is 127. The van der Waals surface area contributed by atoms with Crippen LogP contribution in [0.2, 0.25) is 0 Å². The maximum Gasteiger partial charge on any atom is 0.489 e. The molecule has 5 nitrogen and oxygen atoms in total. The summed E-state index contributed by atoms with van der Waals surface area (Å²) in [4.78, 5) is 13.8. The lowest BCUT2D eigenvalue weighted by molar-refractivity contribution is -0.132. The number of nitrogens with zero attached hydrogens (tertiary/aromatic N) is 1. The van der Waals surface area contributed by atoms with Crippen molar-refractivity contribution in [2.45, 2.75) is 29.1 Å². The van der Waals surface area contributed by atoms with Gasteiger partial charge in [0.25, 0.3) is 0 Å². The lowest BCUT2D eigenvalue weighted by Crippen LogP contribution is -2.53. The van der Waals surface area contributed by atoms with Crippen molar-refractivity contribution in [1.82, 2.24) is 10.2 Å². The molecule has 0 bridgehead atoms. The minimum Gasteiger partial charge on any atom is -0.425 e. The van der Waals surface area contributed by atoms with Gasteiger partial charge in [-0.2, -0.15) is 0 Å². The van der Waals surface area contributed by atoms with Crippen molar-refractivity contribution in [1.29, 1.82) is 0 Å². The molecule has 2 aliphatic heterocycles. The minimum absolute atomic E-state index is 0.0544. The zero-order chi connectivity index (χ0) is 12.5. The molecular formula is C10H18BIN2O3. The maximum absolute atomic E-state index is 12.2. The van der Waals surface area contributed by atoms with E-state index in [9.17, 15) is 14.8 Å². The van der Waals surface area contributed by atoms with Crippen LogP contribution in [0.5, 0.6) is 0 Å². The second-order valence-electron chi connectivity index (χ2n) is 4.90. The molecule has 17 heavy (non-hydrogen) atoms. The fourth-order valence-electron chi connectivity index (χ4n) is 2.65. The number of halogens is 1. The summed E-state index contributed by atoms with van der Waals surface area (Å²) >= 11 is 2.01. The largest absolute Gasteiger partial charge is 0.489 e. The fraction of sp³-hybridized carbons (Fsp3) is 0.900. The van der Waals surface area contributed by atoms with Crippen LogP contribution in [0.25, 0.3) is 0 Å². The Labute approximate surface area is 115 Å². The summed E-state index contributed by atoms with van der Waals surface area (Å²) in [5.74, 6) is 0.457. The zero-order valence-electron chi connectivity index (χ0n) is 9.73. The molecule has 2 aliphatic rings. The van der Waals surface area contributed by atoms with Crippen LogP contribution in [-0.4, -0.2) is 51.1 Å². The van der Waals surface area contributed by atoms with Gasteiger partial charge in [-0.3, -0.25) is 4.79 Å². The fourth-order valence-corrected chi connectivity index (χ4v) is 3.54. The van der Waals surface area contributed by atoms with Gasteiger partial charge in [0.1, 0.15) is 3.45 Å². The van der Waals surface area contributed by atoms with Gasteiger partial charge in [-0.15, -0.1) is 0 Å². The van der Waals surface area contributed by atoms with Gasteiger partial charge in [0.05, 0.1) is 0 Å². The number of likely N-dealkylation sites (tertiary alicyclic amines) is 1. The summed E-state index contributed by atoms with van der Waals surface area (Å²) in [6.07, 6.45) is 3.05. The molecular weight excluding hydrogens is 334 g/mol. The van der Waals surface area contributed by atoms with Gasteiger partial charge in [0, 0.05) is 13.0 Å². The lowest BCUT2D eigenvalue weighted by atomic mass is 9.77. The molecule has 2 rings (SSSR count). The first-order valence-corrected chi connectivity index (χ1v) is 7.18. The van der Waals surface area contributed by atoms with Crippen molar-refractivity contribution in [2.75, 3.05) is 19.6 Å². The molecule has 0 spiro atoms.